The van der Waals surface area contributed by atoms with Crippen molar-refractivity contribution >= 4 is 22.4 Å². The second-order valence-electron chi connectivity index (χ2n) is 5.56. The maximum Gasteiger partial charge on any atom is 0.243 e. The molecule has 3 N–H and O–H groups in total. The SMILES string of the molecule is CC(C)[C@H](N)C(=O)Nc1nc2c(s1)CCCCCC2. The summed E-state index contributed by atoms with van der Waals surface area (Å²) < 4.78 is 0. The Kier molecular flexibility index (Phi) is 4.93. The molecule has 19 heavy (non-hydrogen) atoms. The monoisotopic (exact) mass is 281 g/mol. The van der Waals surface area contributed by atoms with E-state index in [9.17, 15) is 4.79 Å². The third-order valence-corrected chi connectivity index (χ3v) is 4.67. The fraction of sp³-hybridized carbons (Fsp3) is 0.714. The minimum absolute atomic E-state index is 0.128. The average molecular weight is 281 g/mol. The first kappa shape index (κ1) is 14.5. The Balaban J connectivity index is 2.05. The number of aryl methyl sites for hydroxylation is 2. The van der Waals surface area contributed by atoms with Crippen LogP contribution in [0.25, 0.3) is 0 Å². The molecule has 2 rings (SSSR count). The summed E-state index contributed by atoms with van der Waals surface area (Å²) >= 11 is 1.62. The number of hydrogen-bond donors (Lipinski definition) is 2. The van der Waals surface area contributed by atoms with Crippen molar-refractivity contribution in [2.45, 2.75) is 58.4 Å². The molecule has 0 aliphatic heterocycles. The average Bonchev–Trinajstić information content (AvgIpc) is 2.69. The topological polar surface area (TPSA) is 68.0 Å². The number of nitrogens with zero attached hydrogens (tertiary/aromatic N) is 1. The second kappa shape index (κ2) is 6.48. The van der Waals surface area contributed by atoms with Crippen molar-refractivity contribution in [2.75, 3.05) is 5.32 Å². The van der Waals surface area contributed by atoms with E-state index >= 15 is 0 Å². The lowest BCUT2D eigenvalue weighted by Gasteiger charge is -2.13. The molecular weight excluding hydrogens is 258 g/mol. The van der Waals surface area contributed by atoms with Crippen molar-refractivity contribution < 1.29 is 4.79 Å². The molecule has 0 saturated heterocycles. The van der Waals surface area contributed by atoms with Crippen LogP contribution >= 0.6 is 11.3 Å². The van der Waals surface area contributed by atoms with E-state index in [0.29, 0.717) is 5.13 Å². The molecule has 0 unspecified atom stereocenters. The summed E-state index contributed by atoms with van der Waals surface area (Å²) in [6.45, 7) is 3.90. The van der Waals surface area contributed by atoms with Crippen LogP contribution in [0.2, 0.25) is 0 Å². The van der Waals surface area contributed by atoms with Crippen LogP contribution in [0.3, 0.4) is 0 Å². The van der Waals surface area contributed by atoms with Gasteiger partial charge in [-0.1, -0.05) is 26.7 Å². The first-order valence-electron chi connectivity index (χ1n) is 7.13. The highest BCUT2D eigenvalue weighted by molar-refractivity contribution is 7.15. The maximum absolute atomic E-state index is 11.9. The Labute approximate surface area is 118 Å². The zero-order valence-electron chi connectivity index (χ0n) is 11.7. The fourth-order valence-corrected chi connectivity index (χ4v) is 3.30. The van der Waals surface area contributed by atoms with E-state index in [4.69, 9.17) is 5.73 Å². The third kappa shape index (κ3) is 3.76. The summed E-state index contributed by atoms with van der Waals surface area (Å²) in [7, 11) is 0. The lowest BCUT2D eigenvalue weighted by Crippen LogP contribution is -2.39. The summed E-state index contributed by atoms with van der Waals surface area (Å²) in [6.07, 6.45) is 7.16. The molecule has 1 aliphatic rings. The lowest BCUT2D eigenvalue weighted by atomic mass is 10.0. The van der Waals surface area contributed by atoms with Gasteiger partial charge in [0.2, 0.25) is 5.91 Å². The predicted octanol–water partition coefficient (Wildman–Crippen LogP) is 2.72. The first-order valence-corrected chi connectivity index (χ1v) is 7.94. The van der Waals surface area contributed by atoms with Crippen LogP contribution in [0.15, 0.2) is 0 Å². The molecule has 0 radical (unpaired) electrons. The molecule has 5 heteroatoms. The number of carbonyl (C=O) groups excluding carboxylic acids is 1. The van der Waals surface area contributed by atoms with Gasteiger partial charge < -0.3 is 11.1 Å². The molecule has 0 saturated carbocycles. The van der Waals surface area contributed by atoms with E-state index in [1.54, 1.807) is 11.3 Å². The van der Waals surface area contributed by atoms with Gasteiger partial charge in [0.05, 0.1) is 11.7 Å². The van der Waals surface area contributed by atoms with Crippen molar-refractivity contribution in [3.8, 4) is 0 Å². The number of nitrogens with two attached hydrogens (primary N) is 1. The number of hydrogen-bond acceptors (Lipinski definition) is 4. The zero-order valence-corrected chi connectivity index (χ0v) is 12.6. The van der Waals surface area contributed by atoms with Crippen LogP contribution < -0.4 is 11.1 Å². The van der Waals surface area contributed by atoms with Crippen molar-refractivity contribution in [2.24, 2.45) is 11.7 Å². The molecule has 1 aliphatic carbocycles. The summed E-state index contributed by atoms with van der Waals surface area (Å²) in [6, 6.07) is -0.466. The molecule has 0 fully saturated rings. The number of rotatable bonds is 3. The van der Waals surface area contributed by atoms with E-state index < -0.39 is 6.04 Å². The summed E-state index contributed by atoms with van der Waals surface area (Å²) in [4.78, 5) is 17.8. The van der Waals surface area contributed by atoms with Crippen molar-refractivity contribution in [1.29, 1.82) is 0 Å². The molecular formula is C14H23N3OS. The molecule has 1 aromatic heterocycles. The Morgan fingerprint density at radius 3 is 2.63 bits per heavy atom. The van der Waals surface area contributed by atoms with Gasteiger partial charge in [-0.3, -0.25) is 4.79 Å². The van der Waals surface area contributed by atoms with Gasteiger partial charge in [-0.2, -0.15) is 0 Å². The number of amides is 1. The molecule has 1 heterocycles. The van der Waals surface area contributed by atoms with Crippen LogP contribution in [0, 0.1) is 5.92 Å². The van der Waals surface area contributed by atoms with Gasteiger partial charge in [0.15, 0.2) is 5.13 Å². The Hall–Kier alpha value is -0.940. The molecule has 4 nitrogen and oxygen atoms in total. The zero-order chi connectivity index (χ0) is 13.8. The predicted molar refractivity (Wildman–Crippen MR) is 79.4 cm³/mol. The van der Waals surface area contributed by atoms with E-state index in [2.05, 4.69) is 10.3 Å². The maximum atomic E-state index is 11.9. The lowest BCUT2D eigenvalue weighted by molar-refractivity contribution is -0.118. The van der Waals surface area contributed by atoms with E-state index in [-0.39, 0.29) is 11.8 Å². The van der Waals surface area contributed by atoms with Crippen LogP contribution in [-0.2, 0) is 17.6 Å². The van der Waals surface area contributed by atoms with Crippen molar-refractivity contribution in [3.05, 3.63) is 10.6 Å². The molecule has 106 valence electrons. The van der Waals surface area contributed by atoms with Crippen LogP contribution in [-0.4, -0.2) is 16.9 Å². The van der Waals surface area contributed by atoms with Crippen molar-refractivity contribution in [3.63, 3.8) is 0 Å². The largest absolute Gasteiger partial charge is 0.320 e. The van der Waals surface area contributed by atoms with Crippen LogP contribution in [0.4, 0.5) is 5.13 Å². The highest BCUT2D eigenvalue weighted by Crippen LogP contribution is 2.28. The van der Waals surface area contributed by atoms with Gasteiger partial charge in [0, 0.05) is 4.88 Å². The van der Waals surface area contributed by atoms with Gasteiger partial charge >= 0.3 is 0 Å². The molecule has 1 atom stereocenters. The quantitative estimate of drug-likeness (QED) is 0.895. The van der Waals surface area contributed by atoms with E-state index in [1.807, 2.05) is 13.8 Å². The molecule has 0 spiro atoms. The second-order valence-corrected chi connectivity index (χ2v) is 6.65. The van der Waals surface area contributed by atoms with Gasteiger partial charge in [-0.05, 0) is 31.6 Å². The highest BCUT2D eigenvalue weighted by Gasteiger charge is 2.20. The Morgan fingerprint density at radius 2 is 1.95 bits per heavy atom. The fourth-order valence-electron chi connectivity index (χ4n) is 2.25. The van der Waals surface area contributed by atoms with Gasteiger partial charge in [-0.15, -0.1) is 11.3 Å². The number of thiazole rings is 1. The highest BCUT2D eigenvalue weighted by atomic mass is 32.1. The van der Waals surface area contributed by atoms with Crippen LogP contribution in [0.5, 0.6) is 0 Å². The van der Waals surface area contributed by atoms with Gasteiger partial charge in [0.25, 0.3) is 0 Å². The minimum atomic E-state index is -0.466. The third-order valence-electron chi connectivity index (χ3n) is 3.60. The number of fused-ring (bicyclic) bond motifs is 1. The number of aromatic nitrogens is 1. The summed E-state index contributed by atoms with van der Waals surface area (Å²) in [5, 5.41) is 3.58. The number of nitrogens with one attached hydrogen (secondary N) is 1. The molecule has 1 aromatic rings. The summed E-state index contributed by atoms with van der Waals surface area (Å²) in [5.41, 5.74) is 7.02. The molecule has 1 amide bonds. The van der Waals surface area contributed by atoms with Gasteiger partial charge in [-0.25, -0.2) is 4.98 Å². The summed E-state index contributed by atoms with van der Waals surface area (Å²) in [5.74, 6) is 0.0118. The smallest absolute Gasteiger partial charge is 0.243 e. The first-order chi connectivity index (χ1) is 9.08. The number of anilines is 1. The van der Waals surface area contributed by atoms with Crippen LogP contribution in [0.1, 0.15) is 50.1 Å². The molecule has 0 bridgehead atoms. The molecule has 0 aromatic carbocycles. The van der Waals surface area contributed by atoms with Gasteiger partial charge in [0.1, 0.15) is 0 Å². The Morgan fingerprint density at radius 1 is 1.26 bits per heavy atom. The van der Waals surface area contributed by atoms with E-state index in [1.165, 1.54) is 36.3 Å². The Bertz CT molecular complexity index is 416. The normalized spacial score (nSPS) is 17.5. The minimum Gasteiger partial charge on any atom is -0.320 e. The van der Waals surface area contributed by atoms with Crippen molar-refractivity contribution in [1.82, 2.24) is 4.98 Å². The van der Waals surface area contributed by atoms with E-state index in [0.717, 1.165) is 12.8 Å². The standard InChI is InChI=1S/C14H23N3OS/c1-9(2)12(15)13(18)17-14-16-10-7-5-3-4-6-8-11(10)19-14/h9,12H,3-8,15H2,1-2H3,(H,16,17,18)/t12-/m0/s1. The number of carbonyl (C=O) groups is 1.